The molecule has 1 unspecified atom stereocenters. The quantitative estimate of drug-likeness (QED) is 0.673. The van der Waals surface area contributed by atoms with Gasteiger partial charge in [-0.05, 0) is 24.5 Å². The summed E-state index contributed by atoms with van der Waals surface area (Å²) in [6, 6.07) is 4.17. The fourth-order valence-corrected chi connectivity index (χ4v) is 4.53. The predicted molar refractivity (Wildman–Crippen MR) is 108 cm³/mol. The number of guanidine groups is 1. The van der Waals surface area contributed by atoms with Crippen molar-refractivity contribution in [3.8, 4) is 0 Å². The van der Waals surface area contributed by atoms with Crippen LogP contribution in [0.25, 0.3) is 5.65 Å². The largest absolute Gasteiger partial charge is 0.356 e. The van der Waals surface area contributed by atoms with E-state index in [0.717, 1.165) is 43.4 Å². The van der Waals surface area contributed by atoms with Gasteiger partial charge in [0.1, 0.15) is 5.65 Å². The van der Waals surface area contributed by atoms with Crippen molar-refractivity contribution in [1.82, 2.24) is 19.6 Å². The van der Waals surface area contributed by atoms with E-state index in [-0.39, 0.29) is 0 Å². The topological polar surface area (TPSA) is 44.9 Å². The van der Waals surface area contributed by atoms with Gasteiger partial charge < -0.3 is 14.6 Å². The van der Waals surface area contributed by atoms with Crippen molar-refractivity contribution < 1.29 is 0 Å². The molecule has 0 aliphatic carbocycles. The van der Waals surface area contributed by atoms with Crippen LogP contribution in [0, 0.1) is 12.8 Å². The molecule has 1 atom stereocenters. The number of rotatable bonds is 4. The molecular formula is C19H29N5S. The van der Waals surface area contributed by atoms with Crippen molar-refractivity contribution in [3.05, 3.63) is 35.8 Å². The lowest BCUT2D eigenvalue weighted by atomic mass is 10.1. The van der Waals surface area contributed by atoms with E-state index in [9.17, 15) is 0 Å². The highest BCUT2D eigenvalue weighted by Gasteiger charge is 2.24. The summed E-state index contributed by atoms with van der Waals surface area (Å²) >= 11 is 2.09. The first-order chi connectivity index (χ1) is 12.1. The van der Waals surface area contributed by atoms with Crippen molar-refractivity contribution in [2.45, 2.75) is 32.4 Å². The summed E-state index contributed by atoms with van der Waals surface area (Å²) in [5, 5.41) is 4.21. The molecular weight excluding hydrogens is 330 g/mol. The number of pyridine rings is 1. The highest BCUT2D eigenvalue weighted by Crippen LogP contribution is 2.24. The van der Waals surface area contributed by atoms with E-state index in [0.29, 0.717) is 11.2 Å². The van der Waals surface area contributed by atoms with Crippen molar-refractivity contribution >= 4 is 23.4 Å². The Morgan fingerprint density at radius 2 is 2.32 bits per heavy atom. The smallest absolute Gasteiger partial charge is 0.193 e. The predicted octanol–water partition coefficient (Wildman–Crippen LogP) is 2.83. The zero-order valence-electron chi connectivity index (χ0n) is 15.7. The van der Waals surface area contributed by atoms with Crippen molar-refractivity contribution in [3.63, 3.8) is 0 Å². The summed E-state index contributed by atoms with van der Waals surface area (Å²) < 4.78 is 2.11. The Morgan fingerprint density at radius 3 is 3.04 bits per heavy atom. The second kappa shape index (κ2) is 8.13. The Bertz CT molecular complexity index is 736. The monoisotopic (exact) mass is 359 g/mol. The minimum Gasteiger partial charge on any atom is -0.356 e. The van der Waals surface area contributed by atoms with Gasteiger partial charge in [-0.25, -0.2) is 4.98 Å². The van der Waals surface area contributed by atoms with E-state index in [1.165, 1.54) is 11.3 Å². The van der Waals surface area contributed by atoms with Crippen LogP contribution in [-0.2, 0) is 6.42 Å². The molecule has 0 radical (unpaired) electrons. The van der Waals surface area contributed by atoms with E-state index in [1.54, 1.807) is 0 Å². The van der Waals surface area contributed by atoms with Crippen LogP contribution in [0.4, 0.5) is 0 Å². The third kappa shape index (κ3) is 4.29. The van der Waals surface area contributed by atoms with E-state index in [2.05, 4.69) is 76.7 Å². The molecule has 136 valence electrons. The number of thioether (sulfide) groups is 1. The number of nitrogens with one attached hydrogen (secondary N) is 1. The van der Waals surface area contributed by atoms with Crippen molar-refractivity contribution in [1.29, 1.82) is 0 Å². The number of imidazole rings is 1. The number of aromatic nitrogens is 2. The molecule has 0 bridgehead atoms. The molecule has 5 nitrogen and oxygen atoms in total. The van der Waals surface area contributed by atoms with Crippen LogP contribution in [0.5, 0.6) is 0 Å². The molecule has 1 N–H and O–H groups in total. The van der Waals surface area contributed by atoms with Crippen LogP contribution >= 0.6 is 11.8 Å². The minimum atomic E-state index is 0.689. The average Bonchev–Trinajstić information content (AvgIpc) is 3.03. The number of hydrogen-bond acceptors (Lipinski definition) is 3. The van der Waals surface area contributed by atoms with Gasteiger partial charge in [0.2, 0.25) is 0 Å². The first kappa shape index (κ1) is 18.1. The molecule has 3 heterocycles. The second-order valence-corrected chi connectivity index (χ2v) is 8.32. The first-order valence-electron chi connectivity index (χ1n) is 9.09. The summed E-state index contributed by atoms with van der Waals surface area (Å²) in [6.45, 7) is 9.72. The number of hydrogen-bond donors (Lipinski definition) is 1. The van der Waals surface area contributed by atoms with E-state index in [1.807, 2.05) is 7.05 Å². The van der Waals surface area contributed by atoms with Crippen LogP contribution in [-0.4, -0.2) is 57.9 Å². The molecule has 2 aromatic rings. The molecule has 2 aromatic heterocycles. The Labute approximate surface area is 154 Å². The van der Waals surface area contributed by atoms with Crippen LogP contribution in [0.1, 0.15) is 25.1 Å². The van der Waals surface area contributed by atoms with Gasteiger partial charge in [-0.15, -0.1) is 0 Å². The average molecular weight is 360 g/mol. The Balaban J connectivity index is 1.57. The molecule has 0 amide bonds. The maximum absolute atomic E-state index is 4.75. The van der Waals surface area contributed by atoms with E-state index < -0.39 is 0 Å². The fourth-order valence-electron chi connectivity index (χ4n) is 3.23. The Morgan fingerprint density at radius 1 is 1.48 bits per heavy atom. The van der Waals surface area contributed by atoms with Crippen LogP contribution in [0.3, 0.4) is 0 Å². The highest BCUT2D eigenvalue weighted by molar-refractivity contribution is 8.00. The van der Waals surface area contributed by atoms with Crippen LogP contribution < -0.4 is 5.32 Å². The molecule has 0 saturated carbocycles. The lowest BCUT2D eigenvalue weighted by Gasteiger charge is -2.36. The van der Waals surface area contributed by atoms with Gasteiger partial charge in [0, 0.05) is 56.5 Å². The molecule has 3 rings (SSSR count). The van der Waals surface area contributed by atoms with Crippen molar-refractivity contribution in [2.24, 2.45) is 10.9 Å². The molecule has 0 spiro atoms. The van der Waals surface area contributed by atoms with Gasteiger partial charge in [-0.3, -0.25) is 4.99 Å². The maximum atomic E-state index is 4.75. The standard InChI is InChI=1S/C19H29N5S/c1-14(2)17-13-24(10-11-25-17)19(20-4)21-8-7-16-12-23-9-5-6-15(3)18(23)22-16/h5-6,9,12,14,17H,7-8,10-11,13H2,1-4H3,(H,20,21). The van der Waals surface area contributed by atoms with Gasteiger partial charge in [0.25, 0.3) is 0 Å². The number of fused-ring (bicyclic) bond motifs is 1. The third-order valence-corrected chi connectivity index (χ3v) is 6.28. The normalized spacial score (nSPS) is 19.0. The van der Waals surface area contributed by atoms with Crippen LogP contribution in [0.15, 0.2) is 29.5 Å². The zero-order chi connectivity index (χ0) is 17.8. The number of aliphatic imine (C=N–C) groups is 1. The lowest BCUT2D eigenvalue weighted by molar-refractivity contribution is 0.381. The lowest BCUT2D eigenvalue weighted by Crippen LogP contribution is -2.49. The van der Waals surface area contributed by atoms with Gasteiger partial charge in [-0.1, -0.05) is 19.9 Å². The SMILES string of the molecule is CN=C(NCCc1cn2cccc(C)c2n1)N1CCSC(C(C)C)C1. The van der Waals surface area contributed by atoms with Gasteiger partial charge in [0.05, 0.1) is 5.69 Å². The van der Waals surface area contributed by atoms with Gasteiger partial charge >= 0.3 is 0 Å². The first-order valence-corrected chi connectivity index (χ1v) is 10.1. The fraction of sp³-hybridized carbons (Fsp3) is 0.579. The Hall–Kier alpha value is -1.69. The minimum absolute atomic E-state index is 0.689. The summed E-state index contributed by atoms with van der Waals surface area (Å²) in [5.74, 6) is 2.90. The molecule has 1 aliphatic rings. The summed E-state index contributed by atoms with van der Waals surface area (Å²) in [6.07, 6.45) is 5.08. The van der Waals surface area contributed by atoms with E-state index >= 15 is 0 Å². The molecule has 6 heteroatoms. The summed E-state index contributed by atoms with van der Waals surface area (Å²) in [5.41, 5.74) is 3.38. The van der Waals surface area contributed by atoms with Gasteiger partial charge in [0.15, 0.2) is 5.96 Å². The molecule has 1 aliphatic heterocycles. The zero-order valence-corrected chi connectivity index (χ0v) is 16.5. The summed E-state index contributed by atoms with van der Waals surface area (Å²) in [4.78, 5) is 11.6. The molecule has 0 aromatic carbocycles. The highest BCUT2D eigenvalue weighted by atomic mass is 32.2. The summed E-state index contributed by atoms with van der Waals surface area (Å²) in [7, 11) is 1.88. The molecule has 25 heavy (non-hydrogen) atoms. The Kier molecular flexibility index (Phi) is 5.89. The maximum Gasteiger partial charge on any atom is 0.193 e. The molecule has 1 saturated heterocycles. The molecule has 1 fully saturated rings. The second-order valence-electron chi connectivity index (χ2n) is 6.98. The third-order valence-electron chi connectivity index (χ3n) is 4.74. The number of aryl methyl sites for hydroxylation is 1. The van der Waals surface area contributed by atoms with Crippen molar-refractivity contribution in [2.75, 3.05) is 32.4 Å². The van der Waals surface area contributed by atoms with E-state index in [4.69, 9.17) is 4.98 Å². The number of nitrogens with zero attached hydrogens (tertiary/aromatic N) is 4. The van der Waals surface area contributed by atoms with Gasteiger partial charge in [-0.2, -0.15) is 11.8 Å². The van der Waals surface area contributed by atoms with Crippen LogP contribution in [0.2, 0.25) is 0 Å².